The van der Waals surface area contributed by atoms with Crippen LogP contribution in [-0.4, -0.2) is 16.6 Å². The van der Waals surface area contributed by atoms with Gasteiger partial charge in [-0.05, 0) is 42.5 Å². The zero-order valence-corrected chi connectivity index (χ0v) is 12.9. The lowest BCUT2D eigenvalue weighted by Crippen LogP contribution is -2.09. The fraction of sp³-hybridized carbons (Fsp3) is 0.143. The normalized spacial score (nSPS) is 12.1. The molecule has 2 aromatic carbocycles. The molecule has 2 aromatic rings. The van der Waals surface area contributed by atoms with E-state index < -0.39 is 16.6 Å². The molecule has 6 heteroatoms. The van der Waals surface area contributed by atoms with Gasteiger partial charge in [-0.1, -0.05) is 15.9 Å². The van der Waals surface area contributed by atoms with Crippen LogP contribution in [0.15, 0.2) is 51.8 Å². The van der Waals surface area contributed by atoms with Crippen LogP contribution in [0.1, 0.15) is 0 Å². The third kappa shape index (κ3) is 4.31. The van der Waals surface area contributed by atoms with Crippen LogP contribution < -0.4 is 10.5 Å². The minimum Gasteiger partial charge on any atom is -0.493 e. The van der Waals surface area contributed by atoms with Crippen LogP contribution in [0.2, 0.25) is 0 Å². The van der Waals surface area contributed by atoms with Crippen LogP contribution in [0, 0.1) is 5.82 Å². The average molecular weight is 358 g/mol. The lowest BCUT2D eigenvalue weighted by Gasteiger charge is -2.07. The van der Waals surface area contributed by atoms with Gasteiger partial charge in [-0.25, -0.2) is 4.39 Å². The topological polar surface area (TPSA) is 52.3 Å². The molecule has 0 spiro atoms. The smallest absolute Gasteiger partial charge is 0.126 e. The van der Waals surface area contributed by atoms with Gasteiger partial charge in [0.2, 0.25) is 0 Å². The minimum atomic E-state index is -1.34. The second kappa shape index (κ2) is 6.85. The van der Waals surface area contributed by atoms with E-state index in [0.717, 1.165) is 4.47 Å². The van der Waals surface area contributed by atoms with E-state index in [2.05, 4.69) is 15.9 Å². The van der Waals surface area contributed by atoms with Gasteiger partial charge in [-0.3, -0.25) is 4.21 Å². The Kier molecular flexibility index (Phi) is 5.14. The molecule has 0 heterocycles. The third-order valence-corrected chi connectivity index (χ3v) is 4.34. The third-order valence-electron chi connectivity index (χ3n) is 2.51. The van der Waals surface area contributed by atoms with Gasteiger partial charge in [0.1, 0.15) is 18.2 Å². The maximum Gasteiger partial charge on any atom is 0.126 e. The van der Waals surface area contributed by atoms with Crippen molar-refractivity contribution in [3.63, 3.8) is 0 Å². The highest BCUT2D eigenvalue weighted by atomic mass is 79.9. The minimum absolute atomic E-state index is 0.266. The number of ether oxygens (including phenoxy) is 1. The van der Waals surface area contributed by atoms with Gasteiger partial charge in [0.15, 0.2) is 0 Å². The highest BCUT2D eigenvalue weighted by Gasteiger charge is 2.07. The molecule has 3 nitrogen and oxygen atoms in total. The molecule has 0 aliphatic heterocycles. The number of hydrogen-bond donors (Lipinski definition) is 1. The van der Waals surface area contributed by atoms with Gasteiger partial charge in [0.05, 0.1) is 16.6 Å². The Balaban J connectivity index is 1.90. The van der Waals surface area contributed by atoms with E-state index in [9.17, 15) is 8.60 Å². The molecule has 1 atom stereocenters. The van der Waals surface area contributed by atoms with Crippen LogP contribution >= 0.6 is 15.9 Å². The molecule has 0 radical (unpaired) electrons. The molecule has 0 saturated heterocycles. The van der Waals surface area contributed by atoms with Crippen molar-refractivity contribution >= 4 is 32.4 Å². The van der Waals surface area contributed by atoms with Crippen LogP contribution in [0.4, 0.5) is 10.1 Å². The van der Waals surface area contributed by atoms with E-state index in [0.29, 0.717) is 10.6 Å². The van der Waals surface area contributed by atoms with E-state index in [1.54, 1.807) is 0 Å². The van der Waals surface area contributed by atoms with Crippen molar-refractivity contribution in [3.05, 3.63) is 52.8 Å². The average Bonchev–Trinajstić information content (AvgIpc) is 2.40. The predicted octanol–water partition coefficient (Wildman–Crippen LogP) is 3.36. The summed E-state index contributed by atoms with van der Waals surface area (Å²) >= 11 is 3.33. The summed E-state index contributed by atoms with van der Waals surface area (Å²) in [6.45, 7) is 0.282. The maximum atomic E-state index is 13.2. The molecule has 1 unspecified atom stereocenters. The van der Waals surface area contributed by atoms with Crippen molar-refractivity contribution in [1.82, 2.24) is 0 Å². The first-order valence-corrected chi connectivity index (χ1v) is 7.98. The molecule has 0 aliphatic carbocycles. The Hall–Kier alpha value is -1.40. The summed E-state index contributed by atoms with van der Waals surface area (Å²) in [5.41, 5.74) is 5.79. The van der Waals surface area contributed by atoms with E-state index in [1.165, 1.54) is 18.2 Å². The Labute approximate surface area is 127 Å². The van der Waals surface area contributed by atoms with Crippen LogP contribution in [0.5, 0.6) is 5.75 Å². The van der Waals surface area contributed by atoms with Gasteiger partial charge < -0.3 is 10.5 Å². The van der Waals surface area contributed by atoms with Crippen LogP contribution in [0.3, 0.4) is 0 Å². The van der Waals surface area contributed by atoms with Crippen molar-refractivity contribution < 1.29 is 13.3 Å². The molecule has 0 aliphatic rings. The molecule has 106 valence electrons. The van der Waals surface area contributed by atoms with Gasteiger partial charge in [-0.15, -0.1) is 0 Å². The second-order valence-electron chi connectivity index (χ2n) is 4.07. The van der Waals surface area contributed by atoms with Crippen LogP contribution in [-0.2, 0) is 10.8 Å². The summed E-state index contributed by atoms with van der Waals surface area (Å²) < 4.78 is 31.6. The fourth-order valence-corrected chi connectivity index (χ4v) is 2.85. The van der Waals surface area contributed by atoms with Crippen molar-refractivity contribution in [2.45, 2.75) is 4.90 Å². The first kappa shape index (κ1) is 15.0. The quantitative estimate of drug-likeness (QED) is 0.834. The van der Waals surface area contributed by atoms with Gasteiger partial charge in [0.25, 0.3) is 0 Å². The summed E-state index contributed by atoms with van der Waals surface area (Å²) in [5, 5.41) is 0. The Morgan fingerprint density at radius 3 is 2.55 bits per heavy atom. The molecule has 2 N–H and O–H groups in total. The van der Waals surface area contributed by atoms with Gasteiger partial charge in [-0.2, -0.15) is 0 Å². The molecule has 0 fully saturated rings. The zero-order valence-electron chi connectivity index (χ0n) is 10.5. The zero-order chi connectivity index (χ0) is 14.5. The number of hydrogen-bond acceptors (Lipinski definition) is 3. The lowest BCUT2D eigenvalue weighted by molar-refractivity contribution is 0.342. The molecule has 0 saturated carbocycles. The molecule has 2 rings (SSSR count). The lowest BCUT2D eigenvalue weighted by atomic mass is 10.3. The second-order valence-corrected chi connectivity index (χ2v) is 6.56. The predicted molar refractivity (Wildman–Crippen MR) is 81.7 cm³/mol. The number of benzene rings is 2. The standard InChI is InChI=1S/C14H13BrFNO2S/c15-10-1-3-13(4-2-10)19-5-6-20(18)14-8-11(16)7-12(17)9-14/h1-4,7-9H,5-6,17H2. The van der Waals surface area contributed by atoms with E-state index >= 15 is 0 Å². The van der Waals surface area contributed by atoms with Crippen LogP contribution in [0.25, 0.3) is 0 Å². The summed E-state index contributed by atoms with van der Waals surface area (Å²) in [6, 6.07) is 11.3. The number of anilines is 1. The SMILES string of the molecule is Nc1cc(F)cc(S(=O)CCOc2ccc(Br)cc2)c1. The monoisotopic (exact) mass is 357 g/mol. The Morgan fingerprint density at radius 1 is 1.20 bits per heavy atom. The summed E-state index contributed by atoms with van der Waals surface area (Å²) in [5.74, 6) is 0.491. The number of nitrogens with two attached hydrogens (primary N) is 1. The number of rotatable bonds is 5. The largest absolute Gasteiger partial charge is 0.493 e. The first-order valence-electron chi connectivity index (χ1n) is 5.87. The van der Waals surface area contributed by atoms with Crippen molar-refractivity contribution in [1.29, 1.82) is 0 Å². The van der Waals surface area contributed by atoms with E-state index in [1.807, 2.05) is 24.3 Å². The number of halogens is 2. The summed E-state index contributed by atoms with van der Waals surface area (Å²) in [4.78, 5) is 0.377. The Bertz CT molecular complexity index is 599. The molecular formula is C14H13BrFNO2S. The highest BCUT2D eigenvalue weighted by Crippen LogP contribution is 2.17. The molecule has 20 heavy (non-hydrogen) atoms. The van der Waals surface area contributed by atoms with Crippen molar-refractivity contribution in [3.8, 4) is 5.75 Å². The summed E-state index contributed by atoms with van der Waals surface area (Å²) in [7, 11) is -1.34. The molecular weight excluding hydrogens is 345 g/mol. The van der Waals surface area contributed by atoms with Gasteiger partial charge in [0, 0.05) is 15.1 Å². The van der Waals surface area contributed by atoms with Crippen molar-refractivity contribution in [2.24, 2.45) is 0 Å². The van der Waals surface area contributed by atoms with E-state index in [-0.39, 0.29) is 18.0 Å². The number of nitrogen functional groups attached to an aromatic ring is 1. The van der Waals surface area contributed by atoms with E-state index in [4.69, 9.17) is 10.5 Å². The molecule has 0 aromatic heterocycles. The maximum absolute atomic E-state index is 13.2. The first-order chi connectivity index (χ1) is 9.54. The molecule has 0 bridgehead atoms. The summed E-state index contributed by atoms with van der Waals surface area (Å²) in [6.07, 6.45) is 0. The Morgan fingerprint density at radius 2 is 1.90 bits per heavy atom. The van der Waals surface area contributed by atoms with Gasteiger partial charge >= 0.3 is 0 Å². The fourth-order valence-electron chi connectivity index (χ4n) is 1.60. The molecule has 0 amide bonds. The highest BCUT2D eigenvalue weighted by molar-refractivity contribution is 9.10. The van der Waals surface area contributed by atoms with Crippen molar-refractivity contribution in [2.75, 3.05) is 18.1 Å².